The second-order valence-corrected chi connectivity index (χ2v) is 6.95. The van der Waals surface area contributed by atoms with Crippen molar-refractivity contribution in [2.75, 3.05) is 13.1 Å². The van der Waals surface area contributed by atoms with Crippen LogP contribution in [0.2, 0.25) is 0 Å². The Hall–Kier alpha value is -2.62. The Morgan fingerprint density at radius 3 is 2.16 bits per heavy atom. The molecule has 2 atom stereocenters. The average molecular weight is 337 g/mol. The number of nitrogens with zero attached hydrogens (tertiary/aromatic N) is 1. The van der Waals surface area contributed by atoms with Gasteiger partial charge in [-0.1, -0.05) is 48.0 Å². The molecule has 0 aliphatic carbocycles. The van der Waals surface area contributed by atoms with Crippen molar-refractivity contribution in [1.29, 1.82) is 0 Å². The number of carboxylic acid groups (broad SMARTS) is 1. The maximum atomic E-state index is 13.1. The fourth-order valence-corrected chi connectivity index (χ4v) is 3.93. The molecule has 4 nitrogen and oxygen atoms in total. The minimum absolute atomic E-state index is 0.0697. The van der Waals surface area contributed by atoms with Gasteiger partial charge in [0.25, 0.3) is 5.91 Å². The first kappa shape index (κ1) is 17.2. The molecule has 3 rings (SSSR count). The molecule has 1 saturated heterocycles. The number of carboxylic acids is 1. The topological polar surface area (TPSA) is 57.6 Å². The van der Waals surface area contributed by atoms with Gasteiger partial charge in [0.05, 0.1) is 5.92 Å². The highest BCUT2D eigenvalue weighted by Gasteiger charge is 2.41. The van der Waals surface area contributed by atoms with Crippen molar-refractivity contribution in [3.63, 3.8) is 0 Å². The molecule has 25 heavy (non-hydrogen) atoms. The highest BCUT2D eigenvalue weighted by atomic mass is 16.4. The highest BCUT2D eigenvalue weighted by Crippen LogP contribution is 2.34. The molecule has 1 N–H and O–H groups in total. The standard InChI is InChI=1S/C21H23NO3/c1-13-9-14(2)19(15(3)10-13)20(23)22-11-17(18(12-22)21(24)25)16-7-5-4-6-8-16/h4-10,17-18H,11-12H2,1-3H3,(H,24,25)/t17-,18-/m0/s1. The van der Waals surface area contributed by atoms with Crippen molar-refractivity contribution >= 4 is 11.9 Å². The molecular weight excluding hydrogens is 314 g/mol. The van der Waals surface area contributed by atoms with E-state index < -0.39 is 11.9 Å². The molecule has 2 aromatic carbocycles. The number of benzene rings is 2. The SMILES string of the molecule is Cc1cc(C)c(C(=O)N2C[C@H](C(=O)O)[C@H](c3ccccc3)C2)c(C)c1. The van der Waals surface area contributed by atoms with E-state index in [4.69, 9.17) is 0 Å². The van der Waals surface area contributed by atoms with E-state index in [1.54, 1.807) is 4.90 Å². The van der Waals surface area contributed by atoms with Gasteiger partial charge in [-0.15, -0.1) is 0 Å². The van der Waals surface area contributed by atoms with Crippen LogP contribution in [-0.2, 0) is 4.79 Å². The third-order valence-corrected chi connectivity index (χ3v) is 5.04. The zero-order valence-electron chi connectivity index (χ0n) is 14.8. The Morgan fingerprint density at radius 1 is 1.00 bits per heavy atom. The Balaban J connectivity index is 1.92. The Kier molecular flexibility index (Phi) is 4.62. The van der Waals surface area contributed by atoms with Crippen molar-refractivity contribution in [2.24, 2.45) is 5.92 Å². The van der Waals surface area contributed by atoms with Crippen LogP contribution in [-0.4, -0.2) is 35.0 Å². The Bertz CT molecular complexity index is 790. The summed E-state index contributed by atoms with van der Waals surface area (Å²) in [5.74, 6) is -1.66. The lowest BCUT2D eigenvalue weighted by Gasteiger charge is -2.20. The summed E-state index contributed by atoms with van der Waals surface area (Å²) in [6, 6.07) is 13.6. The number of likely N-dealkylation sites (tertiary alicyclic amines) is 1. The molecule has 1 heterocycles. The normalized spacial score (nSPS) is 19.9. The van der Waals surface area contributed by atoms with Crippen molar-refractivity contribution in [3.05, 3.63) is 70.3 Å². The molecule has 1 aliphatic rings. The first-order valence-electron chi connectivity index (χ1n) is 8.53. The second-order valence-electron chi connectivity index (χ2n) is 6.95. The molecule has 0 spiro atoms. The van der Waals surface area contributed by atoms with Gasteiger partial charge >= 0.3 is 5.97 Å². The second kappa shape index (κ2) is 6.71. The molecule has 0 bridgehead atoms. The van der Waals surface area contributed by atoms with E-state index in [1.807, 2.05) is 63.2 Å². The third kappa shape index (κ3) is 3.29. The molecular formula is C21H23NO3. The van der Waals surface area contributed by atoms with E-state index >= 15 is 0 Å². The first-order chi connectivity index (χ1) is 11.9. The molecule has 4 heteroatoms. The van der Waals surface area contributed by atoms with Crippen LogP contribution in [0.15, 0.2) is 42.5 Å². The van der Waals surface area contributed by atoms with E-state index in [0.717, 1.165) is 22.3 Å². The molecule has 1 aliphatic heterocycles. The molecule has 1 amide bonds. The number of aryl methyl sites for hydroxylation is 3. The van der Waals surface area contributed by atoms with Crippen LogP contribution in [0, 0.1) is 26.7 Å². The molecule has 130 valence electrons. The summed E-state index contributed by atoms with van der Waals surface area (Å²) in [6.07, 6.45) is 0. The number of aliphatic carboxylic acids is 1. The maximum Gasteiger partial charge on any atom is 0.308 e. The molecule has 0 unspecified atom stereocenters. The zero-order valence-corrected chi connectivity index (χ0v) is 14.8. The number of amides is 1. The lowest BCUT2D eigenvalue weighted by atomic mass is 9.89. The minimum atomic E-state index is -0.846. The molecule has 1 fully saturated rings. The predicted molar refractivity (Wildman–Crippen MR) is 96.9 cm³/mol. The number of rotatable bonds is 3. The summed E-state index contributed by atoms with van der Waals surface area (Å²) < 4.78 is 0. The van der Waals surface area contributed by atoms with E-state index in [2.05, 4.69) is 0 Å². The van der Waals surface area contributed by atoms with Crippen LogP contribution in [0.25, 0.3) is 0 Å². The largest absolute Gasteiger partial charge is 0.481 e. The molecule has 2 aromatic rings. The van der Waals surface area contributed by atoms with E-state index in [9.17, 15) is 14.7 Å². The van der Waals surface area contributed by atoms with Crippen molar-refractivity contribution in [1.82, 2.24) is 4.90 Å². The summed E-state index contributed by atoms with van der Waals surface area (Å²) in [7, 11) is 0. The summed E-state index contributed by atoms with van der Waals surface area (Å²) in [4.78, 5) is 26.5. The van der Waals surface area contributed by atoms with Crippen molar-refractivity contribution in [2.45, 2.75) is 26.7 Å². The van der Waals surface area contributed by atoms with Gasteiger partial charge in [-0.3, -0.25) is 9.59 Å². The van der Waals surface area contributed by atoms with Gasteiger partial charge in [0.1, 0.15) is 0 Å². The van der Waals surface area contributed by atoms with Gasteiger partial charge < -0.3 is 10.0 Å². The summed E-state index contributed by atoms with van der Waals surface area (Å²) >= 11 is 0. The number of hydrogen-bond donors (Lipinski definition) is 1. The van der Waals surface area contributed by atoms with Crippen LogP contribution in [0.5, 0.6) is 0 Å². The number of hydrogen-bond acceptors (Lipinski definition) is 2. The van der Waals surface area contributed by atoms with Gasteiger partial charge in [-0.25, -0.2) is 0 Å². The molecule has 0 saturated carbocycles. The van der Waals surface area contributed by atoms with Crippen LogP contribution in [0.4, 0.5) is 0 Å². The number of carbonyl (C=O) groups is 2. The van der Waals surface area contributed by atoms with Crippen LogP contribution in [0.1, 0.15) is 38.5 Å². The van der Waals surface area contributed by atoms with Crippen molar-refractivity contribution in [3.8, 4) is 0 Å². The maximum absolute atomic E-state index is 13.1. The van der Waals surface area contributed by atoms with Gasteiger partial charge in [0.2, 0.25) is 0 Å². The van der Waals surface area contributed by atoms with Gasteiger partial charge in [0, 0.05) is 24.6 Å². The fourth-order valence-electron chi connectivity index (χ4n) is 3.93. The lowest BCUT2D eigenvalue weighted by Crippen LogP contribution is -2.31. The minimum Gasteiger partial charge on any atom is -0.481 e. The quantitative estimate of drug-likeness (QED) is 0.932. The van der Waals surface area contributed by atoms with E-state index in [0.29, 0.717) is 12.1 Å². The van der Waals surface area contributed by atoms with Crippen LogP contribution < -0.4 is 0 Å². The molecule has 0 radical (unpaired) electrons. The predicted octanol–water partition coefficient (Wildman–Crippen LogP) is 3.55. The van der Waals surface area contributed by atoms with Crippen molar-refractivity contribution < 1.29 is 14.7 Å². The average Bonchev–Trinajstić information content (AvgIpc) is 3.00. The highest BCUT2D eigenvalue weighted by molar-refractivity contribution is 5.97. The van der Waals surface area contributed by atoms with E-state index in [-0.39, 0.29) is 18.4 Å². The Labute approximate surface area is 148 Å². The lowest BCUT2D eigenvalue weighted by molar-refractivity contribution is -0.141. The summed E-state index contributed by atoms with van der Waals surface area (Å²) in [5.41, 5.74) is 4.68. The third-order valence-electron chi connectivity index (χ3n) is 5.04. The molecule has 0 aromatic heterocycles. The monoisotopic (exact) mass is 337 g/mol. The summed E-state index contributed by atoms with van der Waals surface area (Å²) in [5, 5.41) is 9.62. The zero-order chi connectivity index (χ0) is 18.1. The van der Waals surface area contributed by atoms with E-state index in [1.165, 1.54) is 0 Å². The van der Waals surface area contributed by atoms with Crippen LogP contribution in [0.3, 0.4) is 0 Å². The van der Waals surface area contributed by atoms with Gasteiger partial charge in [0.15, 0.2) is 0 Å². The van der Waals surface area contributed by atoms with Crippen LogP contribution >= 0.6 is 0 Å². The fraction of sp³-hybridized carbons (Fsp3) is 0.333. The Morgan fingerprint density at radius 2 is 1.60 bits per heavy atom. The first-order valence-corrected chi connectivity index (χ1v) is 8.53. The number of carbonyl (C=O) groups excluding carboxylic acids is 1. The van der Waals surface area contributed by atoms with Gasteiger partial charge in [-0.2, -0.15) is 0 Å². The summed E-state index contributed by atoms with van der Waals surface area (Å²) in [6.45, 7) is 6.57. The van der Waals surface area contributed by atoms with Gasteiger partial charge in [-0.05, 0) is 37.5 Å². The smallest absolute Gasteiger partial charge is 0.308 e.